The fourth-order valence-electron chi connectivity index (χ4n) is 2.04. The lowest BCUT2D eigenvalue weighted by Crippen LogP contribution is -2.42. The Balaban J connectivity index is 0.000000892. The third-order valence-corrected chi connectivity index (χ3v) is 4.60. The monoisotopic (exact) mass is 408 g/mol. The lowest BCUT2D eigenvalue weighted by Gasteiger charge is -2.14. The van der Waals surface area contributed by atoms with Gasteiger partial charge in [-0.05, 0) is 51.0 Å². The number of aliphatic hydroxyl groups is 1. The summed E-state index contributed by atoms with van der Waals surface area (Å²) in [5.41, 5.74) is 2.11. The average molecular weight is 409 g/mol. The number of hydrogen-bond donors (Lipinski definition) is 4. The topological polar surface area (TPSA) is 120 Å². The van der Waals surface area contributed by atoms with Crippen molar-refractivity contribution in [3.05, 3.63) is 48.3 Å². The van der Waals surface area contributed by atoms with Crippen LogP contribution >= 0.6 is 0 Å². The summed E-state index contributed by atoms with van der Waals surface area (Å²) in [6.45, 7) is 7.66. The molecule has 0 fully saturated rings. The fraction of sp³-hybridized carbons (Fsp3) is 0.368. The zero-order valence-electron chi connectivity index (χ0n) is 16.6. The number of nitrogens with zero attached hydrogens (tertiary/aromatic N) is 1. The van der Waals surface area contributed by atoms with Gasteiger partial charge in [-0.25, -0.2) is 17.9 Å². The molecule has 0 aliphatic heterocycles. The first-order valence-corrected chi connectivity index (χ1v) is 10.4. The van der Waals surface area contributed by atoms with Crippen molar-refractivity contribution in [3.63, 3.8) is 0 Å². The normalized spacial score (nSPS) is 10.6. The summed E-state index contributed by atoms with van der Waals surface area (Å²) in [6, 6.07) is 8.08. The molecule has 8 nitrogen and oxygen atoms in total. The van der Waals surface area contributed by atoms with Crippen molar-refractivity contribution in [1.82, 2.24) is 15.0 Å². The van der Waals surface area contributed by atoms with Gasteiger partial charge in [0.25, 0.3) is 10.0 Å². The number of amides is 2. The number of hydrogen-bond acceptors (Lipinski definition) is 6. The number of carbonyl (C=O) groups is 1. The van der Waals surface area contributed by atoms with Gasteiger partial charge in [0.15, 0.2) is 0 Å². The smallest absolute Gasteiger partial charge is 0.328 e. The molecule has 0 atom stereocenters. The quantitative estimate of drug-likeness (QED) is 0.583. The van der Waals surface area contributed by atoms with Crippen molar-refractivity contribution < 1.29 is 18.3 Å². The molecule has 0 radical (unpaired) electrons. The number of aliphatic hydroxyl groups excluding tert-OH is 1. The Morgan fingerprint density at radius 2 is 1.93 bits per heavy atom. The van der Waals surface area contributed by atoms with Gasteiger partial charge in [-0.2, -0.15) is 0 Å². The fourth-order valence-corrected chi connectivity index (χ4v) is 3.07. The SMILES string of the molecule is CCCO.Cc1cccc(Nc2ccncc2S(=O)(=O)NC(=O)NC(C)C)c1. The van der Waals surface area contributed by atoms with Crippen LogP contribution in [-0.2, 0) is 10.0 Å². The molecule has 2 amide bonds. The second-order valence-corrected chi connectivity index (χ2v) is 7.97. The highest BCUT2D eigenvalue weighted by Gasteiger charge is 2.22. The second kappa shape index (κ2) is 11.3. The van der Waals surface area contributed by atoms with Gasteiger partial charge in [0.2, 0.25) is 0 Å². The molecule has 28 heavy (non-hydrogen) atoms. The molecule has 1 aromatic heterocycles. The van der Waals surface area contributed by atoms with Crippen molar-refractivity contribution in [2.45, 2.75) is 45.1 Å². The number of sulfonamides is 1. The molecular weight excluding hydrogens is 380 g/mol. The average Bonchev–Trinajstić information content (AvgIpc) is 2.61. The molecule has 2 aromatic rings. The van der Waals surface area contributed by atoms with Crippen LogP contribution in [0.15, 0.2) is 47.6 Å². The van der Waals surface area contributed by atoms with E-state index in [-0.39, 0.29) is 10.9 Å². The molecule has 4 N–H and O–H groups in total. The highest BCUT2D eigenvalue weighted by atomic mass is 32.2. The maximum Gasteiger partial charge on any atom is 0.328 e. The highest BCUT2D eigenvalue weighted by molar-refractivity contribution is 7.90. The van der Waals surface area contributed by atoms with E-state index in [0.29, 0.717) is 12.3 Å². The number of aryl methyl sites for hydroxylation is 1. The summed E-state index contributed by atoms with van der Waals surface area (Å²) in [5.74, 6) is 0. The van der Waals surface area contributed by atoms with E-state index < -0.39 is 16.1 Å². The molecule has 0 bridgehead atoms. The molecule has 0 spiro atoms. The third-order valence-electron chi connectivity index (χ3n) is 3.24. The Kier molecular flexibility index (Phi) is 9.40. The molecule has 1 heterocycles. The minimum atomic E-state index is -4.05. The Morgan fingerprint density at radius 3 is 2.50 bits per heavy atom. The Hall–Kier alpha value is -2.65. The second-order valence-electron chi connectivity index (χ2n) is 6.32. The largest absolute Gasteiger partial charge is 0.396 e. The Morgan fingerprint density at radius 1 is 1.25 bits per heavy atom. The van der Waals surface area contributed by atoms with E-state index in [1.165, 1.54) is 18.5 Å². The number of aromatic nitrogens is 1. The first-order valence-electron chi connectivity index (χ1n) is 8.91. The lowest BCUT2D eigenvalue weighted by molar-refractivity contribution is 0.243. The minimum absolute atomic E-state index is 0.106. The van der Waals surface area contributed by atoms with Gasteiger partial charge in [0.05, 0.1) is 5.69 Å². The summed E-state index contributed by atoms with van der Waals surface area (Å²) in [4.78, 5) is 15.5. The summed E-state index contributed by atoms with van der Waals surface area (Å²) in [5, 5.41) is 13.4. The molecule has 154 valence electrons. The Labute approximate surface area is 166 Å². The number of rotatable bonds is 6. The summed E-state index contributed by atoms with van der Waals surface area (Å²) in [7, 11) is -4.05. The lowest BCUT2D eigenvalue weighted by atomic mass is 10.2. The van der Waals surface area contributed by atoms with Crippen LogP contribution in [0.5, 0.6) is 0 Å². The van der Waals surface area contributed by atoms with Crippen LogP contribution in [0.25, 0.3) is 0 Å². The van der Waals surface area contributed by atoms with Crippen LogP contribution in [0.1, 0.15) is 32.8 Å². The summed E-state index contributed by atoms with van der Waals surface area (Å²) < 4.78 is 26.9. The number of urea groups is 1. The van der Waals surface area contributed by atoms with Crippen molar-refractivity contribution >= 4 is 27.4 Å². The number of carbonyl (C=O) groups excluding carboxylic acids is 1. The summed E-state index contributed by atoms with van der Waals surface area (Å²) in [6.07, 6.45) is 3.55. The number of nitrogens with one attached hydrogen (secondary N) is 3. The zero-order valence-corrected chi connectivity index (χ0v) is 17.4. The number of pyridine rings is 1. The molecular formula is C19H28N4O4S. The van der Waals surface area contributed by atoms with Gasteiger partial charge in [-0.3, -0.25) is 4.98 Å². The van der Waals surface area contributed by atoms with Gasteiger partial charge in [-0.15, -0.1) is 0 Å². The number of anilines is 2. The first kappa shape index (κ1) is 23.4. The highest BCUT2D eigenvalue weighted by Crippen LogP contribution is 2.24. The molecule has 0 aliphatic carbocycles. The summed E-state index contributed by atoms with van der Waals surface area (Å²) >= 11 is 0. The van der Waals surface area contributed by atoms with Gasteiger partial charge >= 0.3 is 6.03 Å². The van der Waals surface area contributed by atoms with Gasteiger partial charge < -0.3 is 15.7 Å². The predicted molar refractivity (Wildman–Crippen MR) is 110 cm³/mol. The maximum atomic E-state index is 12.5. The van der Waals surface area contributed by atoms with E-state index in [2.05, 4.69) is 15.6 Å². The minimum Gasteiger partial charge on any atom is -0.396 e. The van der Waals surface area contributed by atoms with Crippen molar-refractivity contribution in [1.29, 1.82) is 0 Å². The molecule has 0 saturated carbocycles. The van der Waals surface area contributed by atoms with Crippen LogP contribution in [0.4, 0.5) is 16.2 Å². The predicted octanol–water partition coefficient (Wildman–Crippen LogP) is 2.92. The van der Waals surface area contributed by atoms with Crippen molar-refractivity contribution in [2.24, 2.45) is 0 Å². The van der Waals surface area contributed by atoms with Crippen LogP contribution < -0.4 is 15.4 Å². The van der Waals surface area contributed by atoms with E-state index in [0.717, 1.165) is 17.7 Å². The van der Waals surface area contributed by atoms with Gasteiger partial charge in [-0.1, -0.05) is 19.1 Å². The van der Waals surface area contributed by atoms with E-state index in [1.54, 1.807) is 13.8 Å². The van der Waals surface area contributed by atoms with Crippen LogP contribution in [0.2, 0.25) is 0 Å². The molecule has 0 unspecified atom stereocenters. The van der Waals surface area contributed by atoms with E-state index >= 15 is 0 Å². The van der Waals surface area contributed by atoms with E-state index in [1.807, 2.05) is 42.8 Å². The zero-order chi connectivity index (χ0) is 21.2. The molecule has 2 rings (SSSR count). The van der Waals surface area contributed by atoms with Crippen LogP contribution in [0.3, 0.4) is 0 Å². The van der Waals surface area contributed by atoms with Crippen molar-refractivity contribution in [2.75, 3.05) is 11.9 Å². The van der Waals surface area contributed by atoms with Gasteiger partial charge in [0.1, 0.15) is 4.90 Å². The molecule has 9 heteroatoms. The Bertz CT molecular complexity index is 868. The number of benzene rings is 1. The molecule has 0 saturated heterocycles. The van der Waals surface area contributed by atoms with Crippen molar-refractivity contribution in [3.8, 4) is 0 Å². The van der Waals surface area contributed by atoms with Gasteiger partial charge in [0, 0.05) is 30.7 Å². The first-order chi connectivity index (χ1) is 13.2. The van der Waals surface area contributed by atoms with Crippen LogP contribution in [-0.4, -0.2) is 37.2 Å². The van der Waals surface area contributed by atoms with E-state index in [4.69, 9.17) is 5.11 Å². The maximum absolute atomic E-state index is 12.5. The van der Waals surface area contributed by atoms with E-state index in [9.17, 15) is 13.2 Å². The van der Waals surface area contributed by atoms with Crippen LogP contribution in [0, 0.1) is 6.92 Å². The third kappa shape index (κ3) is 7.93. The standard InChI is InChI=1S/C16H20N4O3S.C3H8O/c1-11(2)18-16(21)20-24(22,23)15-10-17-8-7-14(15)19-13-6-4-5-12(3)9-13;1-2-3-4/h4-11H,1-3H3,(H,17,19)(H2,18,20,21);4H,2-3H2,1H3. The molecule has 1 aromatic carbocycles. The molecule has 0 aliphatic rings.